The number of rotatable bonds is 6. The Morgan fingerprint density at radius 2 is 1.84 bits per heavy atom. The average molecular weight is 438 g/mol. The van der Waals surface area contributed by atoms with Crippen LogP contribution >= 0.6 is 0 Å². The normalized spacial score (nSPS) is 31.2. The molecular weight excluding hydrogens is 414 g/mol. The predicted molar refractivity (Wildman–Crippen MR) is 102 cm³/mol. The first-order valence-electron chi connectivity index (χ1n) is 10.4. The largest absolute Gasteiger partial charge is 0.514 e. The molecule has 1 N–H and O–H groups in total. The van der Waals surface area contributed by atoms with E-state index in [0.29, 0.717) is 17.8 Å². The number of carboxylic acids is 1. The van der Waals surface area contributed by atoms with Crippen LogP contribution in [0.5, 0.6) is 5.75 Å². The molecule has 0 amide bonds. The summed E-state index contributed by atoms with van der Waals surface area (Å²) in [7, 11) is 0. The van der Waals surface area contributed by atoms with E-state index in [1.165, 1.54) is 43.5 Å². The van der Waals surface area contributed by atoms with E-state index in [4.69, 9.17) is 14.6 Å². The summed E-state index contributed by atoms with van der Waals surface area (Å²) in [6.07, 6.45) is 4.83. The number of aliphatic carboxylic acids is 1. The predicted octanol–water partition coefficient (Wildman–Crippen LogP) is 4.29. The minimum atomic E-state index is -4.17. The highest BCUT2D eigenvalue weighted by Crippen LogP contribution is 2.63. The van der Waals surface area contributed by atoms with Crippen molar-refractivity contribution in [3.63, 3.8) is 0 Å². The van der Waals surface area contributed by atoms with Crippen LogP contribution in [0.3, 0.4) is 0 Å². The van der Waals surface area contributed by atoms with Gasteiger partial charge in [0.1, 0.15) is 11.4 Å². The van der Waals surface area contributed by atoms with Crippen molar-refractivity contribution >= 4 is 18.1 Å². The van der Waals surface area contributed by atoms with E-state index < -0.39 is 36.2 Å². The molecule has 1 aromatic rings. The maximum absolute atomic E-state index is 13.0. The lowest BCUT2D eigenvalue weighted by molar-refractivity contribution is -0.170. The molecule has 168 valence electrons. The maximum Gasteiger partial charge on any atom is 0.514 e. The Morgan fingerprint density at radius 3 is 2.52 bits per heavy atom. The van der Waals surface area contributed by atoms with Gasteiger partial charge in [-0.2, -0.15) is 8.78 Å². The molecule has 31 heavy (non-hydrogen) atoms. The first-order chi connectivity index (χ1) is 14.6. The van der Waals surface area contributed by atoms with Gasteiger partial charge in [-0.1, -0.05) is 6.42 Å². The minimum Gasteiger partial charge on any atom is -0.477 e. The molecule has 5 atom stereocenters. The van der Waals surface area contributed by atoms with E-state index in [9.17, 15) is 23.2 Å². The zero-order chi connectivity index (χ0) is 22.4. The van der Waals surface area contributed by atoms with E-state index in [0.717, 1.165) is 18.8 Å². The van der Waals surface area contributed by atoms with Crippen molar-refractivity contribution in [2.75, 3.05) is 6.61 Å². The number of fused-ring (bicyclic) bond motifs is 5. The molecule has 7 nitrogen and oxygen atoms in total. The highest BCUT2D eigenvalue weighted by molar-refractivity contribution is 5.90. The second-order valence-corrected chi connectivity index (χ2v) is 8.94. The number of carbonyl (C=O) groups excluding carboxylic acids is 2. The molecule has 0 aliphatic heterocycles. The van der Waals surface area contributed by atoms with Crippen LogP contribution in [0.2, 0.25) is 0 Å². The highest BCUT2D eigenvalue weighted by atomic mass is 19.3. The molecule has 3 fully saturated rings. The van der Waals surface area contributed by atoms with Crippen LogP contribution in [0.1, 0.15) is 49.4 Å². The van der Waals surface area contributed by atoms with Gasteiger partial charge in [0.2, 0.25) is 0 Å². The van der Waals surface area contributed by atoms with Gasteiger partial charge in [0.25, 0.3) is 0 Å². The summed E-state index contributed by atoms with van der Waals surface area (Å²) in [6.45, 7) is 0.397. The number of esters is 1. The van der Waals surface area contributed by atoms with E-state index >= 15 is 0 Å². The number of carbonyl (C=O) groups is 3. The van der Waals surface area contributed by atoms with Crippen molar-refractivity contribution in [2.45, 2.75) is 50.6 Å². The molecule has 1 aromatic carbocycles. The van der Waals surface area contributed by atoms with Crippen LogP contribution in [0.15, 0.2) is 24.3 Å². The smallest absolute Gasteiger partial charge is 0.477 e. The van der Waals surface area contributed by atoms with E-state index in [1.807, 2.05) is 6.92 Å². The summed E-state index contributed by atoms with van der Waals surface area (Å²) in [5.74, 6) is -5.19. The first kappa shape index (κ1) is 21.5. The Bertz CT molecular complexity index is 884. The van der Waals surface area contributed by atoms with Crippen LogP contribution < -0.4 is 4.74 Å². The SMILES string of the molecule is CC1(OC(=O)Oc2ccc(C(=O)OCC(F)(F)C(=O)O)cc2)CC2CC1C1CCCC21. The molecule has 4 rings (SSSR count). The monoisotopic (exact) mass is 438 g/mol. The van der Waals surface area contributed by atoms with Gasteiger partial charge in [0, 0.05) is 5.92 Å². The summed E-state index contributed by atoms with van der Waals surface area (Å²) in [5.41, 5.74) is -0.624. The van der Waals surface area contributed by atoms with E-state index in [-0.39, 0.29) is 11.3 Å². The maximum atomic E-state index is 13.0. The Kier molecular flexibility index (Phi) is 5.39. The molecule has 0 aromatic heterocycles. The number of carboxylic acid groups (broad SMARTS) is 1. The molecule has 0 saturated heterocycles. The Labute approximate surface area is 177 Å². The van der Waals surface area contributed by atoms with E-state index in [2.05, 4.69) is 4.74 Å². The number of halogens is 2. The highest BCUT2D eigenvalue weighted by Gasteiger charge is 2.61. The molecule has 3 saturated carbocycles. The van der Waals surface area contributed by atoms with Crippen LogP contribution in [0.25, 0.3) is 0 Å². The summed E-state index contributed by atoms with van der Waals surface area (Å²) < 4.78 is 41.3. The summed E-state index contributed by atoms with van der Waals surface area (Å²) in [5, 5.41) is 8.34. The average Bonchev–Trinajstić information content (AvgIpc) is 3.38. The quantitative estimate of drug-likeness (QED) is 0.522. The van der Waals surface area contributed by atoms with Crippen molar-refractivity contribution in [2.24, 2.45) is 23.7 Å². The molecule has 9 heteroatoms. The Balaban J connectivity index is 1.30. The van der Waals surface area contributed by atoms with Gasteiger partial charge in [-0.15, -0.1) is 0 Å². The van der Waals surface area contributed by atoms with Crippen molar-refractivity contribution < 1.29 is 42.5 Å². The number of hydrogen-bond acceptors (Lipinski definition) is 6. The molecule has 0 heterocycles. The third kappa shape index (κ3) is 4.09. The fraction of sp³-hybridized carbons (Fsp3) is 0.591. The van der Waals surface area contributed by atoms with Gasteiger partial charge in [-0.3, -0.25) is 0 Å². The van der Waals surface area contributed by atoms with Gasteiger partial charge in [-0.05, 0) is 74.6 Å². The topological polar surface area (TPSA) is 99.1 Å². The minimum absolute atomic E-state index is 0.0887. The molecular formula is C22H24F2O7. The van der Waals surface area contributed by atoms with E-state index in [1.54, 1.807) is 0 Å². The fourth-order valence-corrected chi connectivity index (χ4v) is 5.77. The molecule has 0 radical (unpaired) electrons. The zero-order valence-corrected chi connectivity index (χ0v) is 17.0. The molecule has 2 bridgehead atoms. The van der Waals surface area contributed by atoms with Crippen LogP contribution in [-0.2, 0) is 14.3 Å². The number of hydrogen-bond donors (Lipinski definition) is 1. The summed E-state index contributed by atoms with van der Waals surface area (Å²) in [6, 6.07) is 5.07. The van der Waals surface area contributed by atoms with Gasteiger partial charge in [0.05, 0.1) is 5.56 Å². The number of ether oxygens (including phenoxy) is 3. The van der Waals surface area contributed by atoms with Crippen LogP contribution in [-0.4, -0.2) is 41.3 Å². The summed E-state index contributed by atoms with van der Waals surface area (Å²) >= 11 is 0. The zero-order valence-electron chi connectivity index (χ0n) is 17.0. The van der Waals surface area contributed by atoms with Gasteiger partial charge < -0.3 is 19.3 Å². The lowest BCUT2D eigenvalue weighted by Gasteiger charge is -2.39. The lowest BCUT2D eigenvalue weighted by Crippen LogP contribution is -2.43. The van der Waals surface area contributed by atoms with Crippen LogP contribution in [0.4, 0.5) is 13.6 Å². The van der Waals surface area contributed by atoms with Gasteiger partial charge in [-0.25, -0.2) is 14.4 Å². The molecule has 5 unspecified atom stereocenters. The van der Waals surface area contributed by atoms with Crippen molar-refractivity contribution in [3.05, 3.63) is 29.8 Å². The number of benzene rings is 1. The van der Waals surface area contributed by atoms with Gasteiger partial charge in [0.15, 0.2) is 6.61 Å². The molecule has 3 aliphatic carbocycles. The first-order valence-corrected chi connectivity index (χ1v) is 10.4. The third-order valence-electron chi connectivity index (χ3n) is 7.06. The second kappa shape index (κ2) is 7.76. The second-order valence-electron chi connectivity index (χ2n) is 8.94. The lowest BCUT2D eigenvalue weighted by atomic mass is 9.74. The summed E-state index contributed by atoms with van der Waals surface area (Å²) in [4.78, 5) is 34.5. The Hall–Kier alpha value is -2.71. The molecule has 3 aliphatic rings. The molecule has 0 spiro atoms. The fourth-order valence-electron chi connectivity index (χ4n) is 5.77. The van der Waals surface area contributed by atoms with Crippen LogP contribution in [0, 0.1) is 23.7 Å². The van der Waals surface area contributed by atoms with Crippen molar-refractivity contribution in [1.29, 1.82) is 0 Å². The van der Waals surface area contributed by atoms with Crippen molar-refractivity contribution in [3.8, 4) is 5.75 Å². The third-order valence-corrected chi connectivity index (χ3v) is 7.06. The Morgan fingerprint density at radius 1 is 1.16 bits per heavy atom. The van der Waals surface area contributed by atoms with Crippen molar-refractivity contribution in [1.82, 2.24) is 0 Å². The number of alkyl halides is 2. The standard InChI is InChI=1S/C22H24F2O7/c1-21(10-13-9-17(21)16-4-2-3-15(13)16)31-20(28)30-14-7-5-12(6-8-14)18(25)29-11-22(23,24)19(26)27/h5-8,13,15-17H,2-4,9-11H2,1H3,(H,26,27). The van der Waals surface area contributed by atoms with Gasteiger partial charge >= 0.3 is 24.0 Å².